The Labute approximate surface area is 341 Å². The number of nitrogens with two attached hydrogens (primary N) is 1. The van der Waals surface area contributed by atoms with Crippen molar-refractivity contribution in [3.05, 3.63) is 54.6 Å². The standard InChI is InChI=1S/C20H15N3O12S4.4Na/c21-17-4-3-15-16(7-13(37-35-33-25)9-19(15)39(29,30)31)20(17)23-22-11-1-2-14-10(5-11)6-12(36-34-32-24)8-18(14)38(26,27)28;;;;/h1-9,24-25H,21H2,(H,26,27,28)(H,29,30,31);;;;/q;4*+1/p-4. The smallest absolute Gasteiger partial charge is 0.744 e. The van der Waals surface area contributed by atoms with Crippen molar-refractivity contribution in [3.8, 4) is 0 Å². The van der Waals surface area contributed by atoms with Crippen molar-refractivity contribution in [2.24, 2.45) is 10.2 Å². The molecule has 0 aromatic heterocycles. The zero-order valence-electron chi connectivity index (χ0n) is 22.7. The predicted octanol–water partition coefficient (Wildman–Crippen LogP) is -9.72. The van der Waals surface area contributed by atoms with Gasteiger partial charge in [0.05, 0.1) is 45.3 Å². The van der Waals surface area contributed by atoms with Gasteiger partial charge in [-0.25, -0.2) is 16.8 Å². The van der Waals surface area contributed by atoms with Gasteiger partial charge in [0, 0.05) is 20.6 Å². The molecule has 0 saturated heterocycles. The fourth-order valence-electron chi connectivity index (χ4n) is 3.57. The van der Waals surface area contributed by atoms with Crippen LogP contribution in [0.25, 0.3) is 21.5 Å². The molecule has 0 aliphatic carbocycles. The van der Waals surface area contributed by atoms with Gasteiger partial charge in [-0.1, -0.05) is 12.1 Å². The van der Waals surface area contributed by atoms with E-state index in [2.05, 4.69) is 29.0 Å². The van der Waals surface area contributed by atoms with Gasteiger partial charge < -0.3 is 25.4 Å². The molecule has 23 heteroatoms. The molecule has 4 rings (SSSR count). The number of azo groups is 1. The topological polar surface area (TPSA) is 248 Å². The fraction of sp³-hybridized carbons (Fsp3) is 0. The van der Waals surface area contributed by atoms with E-state index < -0.39 is 30.0 Å². The zero-order chi connectivity index (χ0) is 28.4. The first-order valence-corrected chi connectivity index (χ1v) is 14.3. The molecule has 0 bridgehead atoms. The molecular formula is C20H11N3Na4O12S4. The number of fused-ring (bicyclic) bond motifs is 2. The van der Waals surface area contributed by atoms with E-state index in [0.717, 1.165) is 12.1 Å². The Kier molecular flexibility index (Phi) is 19.7. The summed E-state index contributed by atoms with van der Waals surface area (Å²) in [6.07, 6.45) is 0. The molecule has 0 amide bonds. The molecular weight excluding hydrogens is 694 g/mol. The molecule has 0 unspecified atom stereocenters. The Morgan fingerprint density at radius 2 is 1.16 bits per heavy atom. The second kappa shape index (κ2) is 19.2. The summed E-state index contributed by atoms with van der Waals surface area (Å²) in [7, 11) is -9.92. The minimum Gasteiger partial charge on any atom is -0.744 e. The Balaban J connectivity index is 0.00000441. The predicted molar refractivity (Wildman–Crippen MR) is 128 cm³/mol. The maximum Gasteiger partial charge on any atom is 1.00 e. The van der Waals surface area contributed by atoms with Gasteiger partial charge in [-0.3, -0.25) is 10.1 Å². The number of hydrogen-bond donors (Lipinski definition) is 1. The summed E-state index contributed by atoms with van der Waals surface area (Å²) in [5.74, 6) is 0. The summed E-state index contributed by atoms with van der Waals surface area (Å²) in [6.45, 7) is 0. The van der Waals surface area contributed by atoms with Gasteiger partial charge in [0.25, 0.3) is 0 Å². The monoisotopic (exact) mass is 705 g/mol. The van der Waals surface area contributed by atoms with Crippen molar-refractivity contribution < 1.29 is 173 Å². The van der Waals surface area contributed by atoms with Gasteiger partial charge >= 0.3 is 118 Å². The minimum atomic E-state index is -4.99. The van der Waals surface area contributed by atoms with E-state index in [1.54, 1.807) is 0 Å². The van der Waals surface area contributed by atoms with Crippen LogP contribution in [0.5, 0.6) is 0 Å². The SMILES string of the molecule is Nc1ccc2c(S(=O)(=O)[O-])cc(SOO[O-])cc2c1N=Nc1ccc2c(S(=O)(=O)[O-])cc(SOO[O-])cc2c1.[Na+].[Na+].[Na+].[Na+]. The molecule has 0 fully saturated rings. The Hall–Kier alpha value is 1.08. The Bertz CT molecular complexity index is 1830. The van der Waals surface area contributed by atoms with Crippen molar-refractivity contribution >= 4 is 82.9 Å². The van der Waals surface area contributed by atoms with E-state index in [-0.39, 0.29) is 167 Å². The van der Waals surface area contributed by atoms with Crippen LogP contribution in [0.2, 0.25) is 0 Å². The van der Waals surface area contributed by atoms with Crippen LogP contribution in [-0.2, 0) is 39.0 Å². The van der Waals surface area contributed by atoms with Gasteiger partial charge in [0.15, 0.2) is 0 Å². The van der Waals surface area contributed by atoms with Gasteiger partial charge in [-0.15, -0.1) is 5.11 Å². The molecule has 0 atom stereocenters. The van der Waals surface area contributed by atoms with Crippen LogP contribution in [0.3, 0.4) is 0 Å². The van der Waals surface area contributed by atoms with E-state index in [0.29, 0.717) is 24.1 Å². The second-order valence-corrected chi connectivity index (χ2v) is 11.6. The number of nitrogen functional groups attached to an aromatic ring is 1. The van der Waals surface area contributed by atoms with Crippen molar-refractivity contribution in [2.45, 2.75) is 19.6 Å². The van der Waals surface area contributed by atoms with Crippen LogP contribution in [0.15, 0.2) is 84.4 Å². The Morgan fingerprint density at radius 3 is 1.70 bits per heavy atom. The first kappa shape index (κ1) is 44.1. The molecule has 0 aliphatic rings. The van der Waals surface area contributed by atoms with E-state index in [9.17, 15) is 36.5 Å². The van der Waals surface area contributed by atoms with Crippen LogP contribution in [0.4, 0.5) is 17.1 Å². The maximum atomic E-state index is 11.9. The summed E-state index contributed by atoms with van der Waals surface area (Å²) in [4.78, 5) is -1.17. The van der Waals surface area contributed by atoms with Crippen LogP contribution < -0.4 is 134 Å². The molecule has 206 valence electrons. The van der Waals surface area contributed by atoms with Gasteiger partial charge in [-0.2, -0.15) is 13.8 Å². The third-order valence-electron chi connectivity index (χ3n) is 5.07. The number of benzene rings is 4. The zero-order valence-corrected chi connectivity index (χ0v) is 34.0. The van der Waals surface area contributed by atoms with Gasteiger partial charge in [0.1, 0.15) is 25.9 Å². The molecule has 0 aliphatic heterocycles. The molecule has 4 aromatic carbocycles. The molecule has 0 heterocycles. The summed E-state index contributed by atoms with van der Waals surface area (Å²) >= 11 is 0.711. The third kappa shape index (κ3) is 11.3. The van der Waals surface area contributed by atoms with Crippen LogP contribution in [0.1, 0.15) is 0 Å². The second-order valence-electron chi connectivity index (χ2n) is 7.39. The average molecular weight is 706 g/mol. The Morgan fingerprint density at radius 1 is 0.651 bits per heavy atom. The van der Waals surface area contributed by atoms with Crippen molar-refractivity contribution in [1.82, 2.24) is 0 Å². The molecule has 4 aromatic rings. The number of hydrogen-bond acceptors (Lipinski definition) is 17. The van der Waals surface area contributed by atoms with E-state index in [1.165, 1.54) is 42.5 Å². The fourth-order valence-corrected chi connectivity index (χ4v) is 6.05. The number of nitrogens with zero attached hydrogens (tertiary/aromatic N) is 2. The van der Waals surface area contributed by atoms with Crippen molar-refractivity contribution in [2.75, 3.05) is 5.73 Å². The van der Waals surface area contributed by atoms with Crippen molar-refractivity contribution in [1.29, 1.82) is 0 Å². The quantitative estimate of drug-likeness (QED) is 0.0306. The van der Waals surface area contributed by atoms with Crippen molar-refractivity contribution in [3.63, 3.8) is 0 Å². The maximum absolute atomic E-state index is 11.9. The third-order valence-corrected chi connectivity index (χ3v) is 7.92. The van der Waals surface area contributed by atoms with E-state index in [4.69, 9.17) is 5.73 Å². The van der Waals surface area contributed by atoms with E-state index >= 15 is 0 Å². The van der Waals surface area contributed by atoms with Crippen LogP contribution in [0, 0.1) is 0 Å². The van der Waals surface area contributed by atoms with E-state index in [1.807, 2.05) is 0 Å². The normalized spacial score (nSPS) is 11.4. The molecule has 43 heavy (non-hydrogen) atoms. The van der Waals surface area contributed by atoms with Crippen LogP contribution >= 0.6 is 24.1 Å². The first-order chi connectivity index (χ1) is 18.4. The first-order valence-electron chi connectivity index (χ1n) is 9.96. The summed E-state index contributed by atoms with van der Waals surface area (Å²) in [6, 6.07) is 11.3. The van der Waals surface area contributed by atoms with Gasteiger partial charge in [-0.05, 0) is 53.2 Å². The van der Waals surface area contributed by atoms with Gasteiger partial charge in [0.2, 0.25) is 0 Å². The van der Waals surface area contributed by atoms with Crippen LogP contribution in [-0.4, -0.2) is 25.9 Å². The summed E-state index contributed by atoms with van der Waals surface area (Å²) in [5, 5.41) is 35.3. The summed E-state index contributed by atoms with van der Waals surface area (Å²) < 4.78 is 79.4. The molecule has 0 spiro atoms. The molecule has 2 N–H and O–H groups in total. The summed E-state index contributed by atoms with van der Waals surface area (Å²) in [5.41, 5.74) is 6.17. The largest absolute Gasteiger partial charge is 1.00 e. The molecule has 0 radical (unpaired) electrons. The molecule has 0 saturated carbocycles. The number of anilines is 1. The number of rotatable bonds is 10. The average Bonchev–Trinajstić information content (AvgIpc) is 2.87. The molecule has 15 nitrogen and oxygen atoms in total. The minimum absolute atomic E-state index is 0.